The summed E-state index contributed by atoms with van der Waals surface area (Å²) in [4.78, 5) is 17.0. The Hall–Kier alpha value is -1.42. The Labute approximate surface area is 109 Å². The van der Waals surface area contributed by atoms with E-state index in [2.05, 4.69) is 37.6 Å². The normalized spacial score (nSPS) is 11.8. The highest BCUT2D eigenvalue weighted by Gasteiger charge is 2.22. The molecule has 0 unspecified atom stereocenters. The van der Waals surface area contributed by atoms with Crippen molar-refractivity contribution in [3.63, 3.8) is 0 Å². The van der Waals surface area contributed by atoms with E-state index in [4.69, 9.17) is 5.11 Å². The van der Waals surface area contributed by atoms with Crippen molar-refractivity contribution in [3.05, 3.63) is 29.6 Å². The van der Waals surface area contributed by atoms with E-state index in [1.54, 1.807) is 6.20 Å². The smallest absolute Gasteiger partial charge is 0.304 e. The standard InChI is InChI=1S/C14H22N2O2/c1-11-5-7-15-9-12(11)10-16(14(2,3)4)8-6-13(17)18/h5,7,9H,6,8,10H2,1-4H3,(H,17,18). The number of aromatic nitrogens is 1. The molecule has 0 bridgehead atoms. The van der Waals surface area contributed by atoms with Crippen LogP contribution < -0.4 is 0 Å². The fourth-order valence-electron chi connectivity index (χ4n) is 1.75. The summed E-state index contributed by atoms with van der Waals surface area (Å²) in [6, 6.07) is 1.98. The predicted molar refractivity (Wildman–Crippen MR) is 71.4 cm³/mol. The molecule has 4 heteroatoms. The van der Waals surface area contributed by atoms with Gasteiger partial charge in [-0.3, -0.25) is 14.7 Å². The molecule has 0 fully saturated rings. The maximum absolute atomic E-state index is 10.7. The molecular formula is C14H22N2O2. The third-order valence-corrected chi connectivity index (χ3v) is 3.05. The molecule has 4 nitrogen and oxygen atoms in total. The minimum absolute atomic E-state index is 0.0578. The van der Waals surface area contributed by atoms with Crippen LogP contribution in [0.3, 0.4) is 0 Å². The monoisotopic (exact) mass is 250 g/mol. The van der Waals surface area contributed by atoms with Crippen molar-refractivity contribution in [1.82, 2.24) is 9.88 Å². The Kier molecular flexibility index (Phi) is 4.84. The number of carboxylic acid groups (broad SMARTS) is 1. The van der Waals surface area contributed by atoms with Gasteiger partial charge in [-0.1, -0.05) is 0 Å². The lowest BCUT2D eigenvalue weighted by molar-refractivity contribution is -0.137. The summed E-state index contributed by atoms with van der Waals surface area (Å²) in [7, 11) is 0. The second-order valence-electron chi connectivity index (χ2n) is 5.54. The van der Waals surface area contributed by atoms with Crippen molar-refractivity contribution in [3.8, 4) is 0 Å². The molecule has 1 rings (SSSR count). The lowest BCUT2D eigenvalue weighted by Crippen LogP contribution is -2.42. The number of pyridine rings is 1. The molecule has 0 aromatic carbocycles. The molecule has 0 spiro atoms. The maximum Gasteiger partial charge on any atom is 0.304 e. The van der Waals surface area contributed by atoms with E-state index in [1.165, 1.54) is 5.56 Å². The van der Waals surface area contributed by atoms with E-state index in [0.29, 0.717) is 6.54 Å². The first kappa shape index (κ1) is 14.6. The van der Waals surface area contributed by atoms with Gasteiger partial charge in [-0.2, -0.15) is 0 Å². The number of carboxylic acids is 1. The molecule has 0 radical (unpaired) electrons. The highest BCUT2D eigenvalue weighted by molar-refractivity contribution is 5.66. The zero-order valence-electron chi connectivity index (χ0n) is 11.6. The Balaban J connectivity index is 2.79. The SMILES string of the molecule is Cc1ccncc1CN(CCC(=O)O)C(C)(C)C. The quantitative estimate of drug-likeness (QED) is 0.872. The lowest BCUT2D eigenvalue weighted by Gasteiger charge is -2.35. The summed E-state index contributed by atoms with van der Waals surface area (Å²) in [5.74, 6) is -0.757. The maximum atomic E-state index is 10.7. The lowest BCUT2D eigenvalue weighted by atomic mass is 10.0. The van der Waals surface area contributed by atoms with Gasteiger partial charge in [-0.05, 0) is 44.9 Å². The van der Waals surface area contributed by atoms with Crippen LogP contribution in [-0.2, 0) is 11.3 Å². The average molecular weight is 250 g/mol. The number of rotatable bonds is 5. The highest BCUT2D eigenvalue weighted by Crippen LogP contribution is 2.18. The van der Waals surface area contributed by atoms with Gasteiger partial charge < -0.3 is 5.11 Å². The van der Waals surface area contributed by atoms with Crippen LogP contribution in [0.15, 0.2) is 18.5 Å². The zero-order valence-corrected chi connectivity index (χ0v) is 11.6. The van der Waals surface area contributed by atoms with Gasteiger partial charge in [0, 0.05) is 31.0 Å². The summed E-state index contributed by atoms with van der Waals surface area (Å²) >= 11 is 0. The topological polar surface area (TPSA) is 53.4 Å². The van der Waals surface area contributed by atoms with Crippen LogP contribution in [0, 0.1) is 6.92 Å². The van der Waals surface area contributed by atoms with Crippen molar-refractivity contribution >= 4 is 5.97 Å². The van der Waals surface area contributed by atoms with E-state index in [-0.39, 0.29) is 12.0 Å². The molecule has 0 amide bonds. The van der Waals surface area contributed by atoms with Crippen LogP contribution in [0.25, 0.3) is 0 Å². The Morgan fingerprint density at radius 1 is 1.44 bits per heavy atom. The first-order chi connectivity index (χ1) is 8.30. The van der Waals surface area contributed by atoms with E-state index in [0.717, 1.165) is 12.1 Å². The molecule has 0 aliphatic heterocycles. The molecule has 18 heavy (non-hydrogen) atoms. The number of carbonyl (C=O) groups is 1. The second kappa shape index (κ2) is 5.96. The van der Waals surface area contributed by atoms with Crippen LogP contribution in [-0.4, -0.2) is 33.0 Å². The summed E-state index contributed by atoms with van der Waals surface area (Å²) in [5, 5.41) is 8.81. The van der Waals surface area contributed by atoms with Gasteiger partial charge in [0.1, 0.15) is 0 Å². The van der Waals surface area contributed by atoms with Crippen LogP contribution in [0.2, 0.25) is 0 Å². The van der Waals surface area contributed by atoms with Crippen LogP contribution in [0.1, 0.15) is 38.3 Å². The third-order valence-electron chi connectivity index (χ3n) is 3.05. The number of aryl methyl sites for hydroxylation is 1. The summed E-state index contributed by atoms with van der Waals surface area (Å²) in [5.41, 5.74) is 2.28. The van der Waals surface area contributed by atoms with Crippen molar-refractivity contribution in [2.75, 3.05) is 6.54 Å². The summed E-state index contributed by atoms with van der Waals surface area (Å²) in [6.07, 6.45) is 3.79. The fourth-order valence-corrected chi connectivity index (χ4v) is 1.75. The van der Waals surface area contributed by atoms with Crippen LogP contribution >= 0.6 is 0 Å². The number of nitrogens with zero attached hydrogens (tertiary/aromatic N) is 2. The van der Waals surface area contributed by atoms with E-state index in [1.807, 2.05) is 12.3 Å². The molecule has 0 aliphatic carbocycles. The Morgan fingerprint density at radius 2 is 2.11 bits per heavy atom. The van der Waals surface area contributed by atoms with Gasteiger partial charge in [-0.25, -0.2) is 0 Å². The number of hydrogen-bond donors (Lipinski definition) is 1. The summed E-state index contributed by atoms with van der Waals surface area (Å²) in [6.45, 7) is 9.63. The minimum Gasteiger partial charge on any atom is -0.481 e. The third kappa shape index (κ3) is 4.45. The molecule has 0 atom stereocenters. The molecule has 0 saturated heterocycles. The van der Waals surface area contributed by atoms with Gasteiger partial charge >= 0.3 is 5.97 Å². The van der Waals surface area contributed by atoms with Crippen molar-refractivity contribution in [2.24, 2.45) is 0 Å². The first-order valence-electron chi connectivity index (χ1n) is 6.17. The second-order valence-corrected chi connectivity index (χ2v) is 5.54. The molecule has 1 aromatic heterocycles. The zero-order chi connectivity index (χ0) is 13.8. The molecule has 1 aromatic rings. The van der Waals surface area contributed by atoms with Crippen molar-refractivity contribution in [2.45, 2.75) is 46.2 Å². The van der Waals surface area contributed by atoms with Gasteiger partial charge in [0.15, 0.2) is 0 Å². The summed E-state index contributed by atoms with van der Waals surface area (Å²) < 4.78 is 0. The minimum atomic E-state index is -0.757. The molecule has 1 heterocycles. The van der Waals surface area contributed by atoms with E-state index < -0.39 is 5.97 Å². The van der Waals surface area contributed by atoms with Crippen LogP contribution in [0.4, 0.5) is 0 Å². The van der Waals surface area contributed by atoms with Crippen molar-refractivity contribution in [1.29, 1.82) is 0 Å². The number of hydrogen-bond acceptors (Lipinski definition) is 3. The van der Waals surface area contributed by atoms with Gasteiger partial charge in [0.25, 0.3) is 0 Å². The Bertz CT molecular complexity index is 411. The molecule has 0 aliphatic rings. The van der Waals surface area contributed by atoms with E-state index in [9.17, 15) is 4.79 Å². The van der Waals surface area contributed by atoms with Gasteiger partial charge in [-0.15, -0.1) is 0 Å². The molecule has 100 valence electrons. The number of aliphatic carboxylic acids is 1. The Morgan fingerprint density at radius 3 is 2.61 bits per heavy atom. The molecule has 0 saturated carbocycles. The fraction of sp³-hybridized carbons (Fsp3) is 0.571. The first-order valence-corrected chi connectivity index (χ1v) is 6.17. The van der Waals surface area contributed by atoms with Gasteiger partial charge in [0.05, 0.1) is 6.42 Å². The largest absolute Gasteiger partial charge is 0.481 e. The molecular weight excluding hydrogens is 228 g/mol. The van der Waals surface area contributed by atoms with Crippen molar-refractivity contribution < 1.29 is 9.90 Å². The van der Waals surface area contributed by atoms with Crippen LogP contribution in [0.5, 0.6) is 0 Å². The average Bonchev–Trinajstić information content (AvgIpc) is 2.24. The highest BCUT2D eigenvalue weighted by atomic mass is 16.4. The predicted octanol–water partition coefficient (Wildman–Crippen LogP) is 2.47. The molecule has 1 N–H and O–H groups in total. The van der Waals surface area contributed by atoms with E-state index >= 15 is 0 Å². The van der Waals surface area contributed by atoms with Gasteiger partial charge in [0.2, 0.25) is 0 Å².